The number of ketones is 2. The predicted octanol–water partition coefficient (Wildman–Crippen LogP) is -0.801. The molecule has 0 spiro atoms. The Morgan fingerprint density at radius 1 is 0.844 bits per heavy atom. The third kappa shape index (κ3) is 4.10. The van der Waals surface area contributed by atoms with Gasteiger partial charge in [-0.3, -0.25) is 9.59 Å². The number of anilines is 1. The Balaban J connectivity index is 2.41. The van der Waals surface area contributed by atoms with Crippen LogP contribution in [0.5, 0.6) is 5.75 Å². The zero-order valence-corrected chi connectivity index (χ0v) is 18.1. The Kier molecular flexibility index (Phi) is 5.44. The highest BCUT2D eigenvalue weighted by atomic mass is 32.2. The van der Waals surface area contributed by atoms with E-state index < -0.39 is 91.3 Å². The molecule has 0 aromatic heterocycles. The van der Waals surface area contributed by atoms with E-state index in [2.05, 4.69) is 0 Å². The van der Waals surface area contributed by atoms with Gasteiger partial charge in [0.25, 0.3) is 0 Å². The van der Waals surface area contributed by atoms with Crippen molar-refractivity contribution in [1.29, 1.82) is 0 Å². The van der Waals surface area contributed by atoms with E-state index >= 15 is 0 Å². The molecule has 32 heavy (non-hydrogen) atoms. The van der Waals surface area contributed by atoms with Gasteiger partial charge >= 0.3 is 0 Å². The molecule has 0 amide bonds. The summed E-state index contributed by atoms with van der Waals surface area (Å²) < 4.78 is 102. The Morgan fingerprint density at radius 2 is 1.44 bits per heavy atom. The summed E-state index contributed by atoms with van der Waals surface area (Å²) in [6.07, 6.45) is 0. The summed E-state index contributed by atoms with van der Waals surface area (Å²) in [6, 6.07) is 1.69. The van der Waals surface area contributed by atoms with Gasteiger partial charge in [0.05, 0.1) is 20.9 Å². The van der Waals surface area contributed by atoms with Crippen molar-refractivity contribution in [3.8, 4) is 5.75 Å². The van der Waals surface area contributed by atoms with Crippen molar-refractivity contribution in [3.63, 3.8) is 0 Å². The monoisotopic (exact) mass is 504 g/mol. The Labute approximate surface area is 180 Å². The Morgan fingerprint density at radius 3 is 1.94 bits per heavy atom. The van der Waals surface area contributed by atoms with Gasteiger partial charge in [-0.15, -0.1) is 0 Å². The fraction of sp³-hybridized carbons (Fsp3) is 0.125. The quantitative estimate of drug-likeness (QED) is 0.405. The first-order valence-corrected chi connectivity index (χ1v) is 12.6. The van der Waals surface area contributed by atoms with Crippen LogP contribution in [0, 0.1) is 6.92 Å². The number of hydrogen-bond acceptors (Lipinski definition) is 13. The van der Waals surface area contributed by atoms with Gasteiger partial charge in [0.1, 0.15) is 42.0 Å². The lowest BCUT2D eigenvalue weighted by atomic mass is 9.81. The molecule has 0 fully saturated rings. The van der Waals surface area contributed by atoms with E-state index in [1.807, 2.05) is 5.32 Å². The molecule has 0 saturated heterocycles. The van der Waals surface area contributed by atoms with Crippen molar-refractivity contribution in [1.82, 2.24) is 0 Å². The van der Waals surface area contributed by atoms with Gasteiger partial charge in [0.2, 0.25) is 0 Å². The SMILES string of the molecule is Cc1cc(S(=O)(=O)[O-])c(O)c2c1C(=O)c1cc(S(=O)(=O)[O-])cc(NCS(=O)(=O)[O-])c1C2=O. The van der Waals surface area contributed by atoms with Crippen molar-refractivity contribution in [2.45, 2.75) is 16.7 Å². The number of benzene rings is 2. The maximum atomic E-state index is 13.1. The number of rotatable bonds is 5. The molecule has 0 atom stereocenters. The number of aromatic hydroxyl groups is 1. The molecule has 3 rings (SSSR count). The molecule has 0 aliphatic heterocycles. The Bertz CT molecular complexity index is 1540. The fourth-order valence-corrected chi connectivity index (χ4v) is 4.75. The van der Waals surface area contributed by atoms with E-state index in [0.717, 1.165) is 6.92 Å². The third-order valence-electron chi connectivity index (χ3n) is 4.50. The number of phenols is 1. The highest BCUT2D eigenvalue weighted by Crippen LogP contribution is 2.41. The number of carbonyl (C=O) groups excluding carboxylic acids is 2. The molecular formula is C16H10NO12S3-3. The molecule has 0 unspecified atom stereocenters. The summed E-state index contributed by atoms with van der Waals surface area (Å²) >= 11 is 0. The van der Waals surface area contributed by atoms with Crippen LogP contribution in [-0.2, 0) is 30.4 Å². The average molecular weight is 504 g/mol. The van der Waals surface area contributed by atoms with E-state index in [4.69, 9.17) is 0 Å². The summed E-state index contributed by atoms with van der Waals surface area (Å²) in [5.41, 5.74) is -3.85. The topological polar surface area (TPSA) is 238 Å². The van der Waals surface area contributed by atoms with Crippen LogP contribution in [0.25, 0.3) is 0 Å². The third-order valence-corrected chi connectivity index (χ3v) is 6.66. The van der Waals surface area contributed by atoms with E-state index in [1.165, 1.54) is 0 Å². The summed E-state index contributed by atoms with van der Waals surface area (Å²) in [5, 5.41) is 12.2. The number of hydrogen-bond donors (Lipinski definition) is 2. The maximum Gasteiger partial charge on any atom is 0.200 e. The average Bonchev–Trinajstić information content (AvgIpc) is 2.62. The molecule has 2 aromatic rings. The van der Waals surface area contributed by atoms with Crippen molar-refractivity contribution in [2.75, 3.05) is 11.2 Å². The minimum Gasteiger partial charge on any atom is -0.747 e. The largest absolute Gasteiger partial charge is 0.747 e. The highest BCUT2D eigenvalue weighted by molar-refractivity contribution is 7.86. The minimum absolute atomic E-state index is 0.233. The number of fused-ring (bicyclic) bond motifs is 2. The molecule has 0 heterocycles. The molecule has 0 bridgehead atoms. The van der Waals surface area contributed by atoms with Gasteiger partial charge in [-0.1, -0.05) is 0 Å². The number of phenolic OH excluding ortho intramolecular Hbond substituents is 1. The van der Waals surface area contributed by atoms with Crippen LogP contribution in [0.1, 0.15) is 37.4 Å². The van der Waals surface area contributed by atoms with E-state index in [-0.39, 0.29) is 5.56 Å². The molecule has 16 heteroatoms. The van der Waals surface area contributed by atoms with Crippen molar-refractivity contribution >= 4 is 47.6 Å². The lowest BCUT2D eigenvalue weighted by molar-refractivity contribution is 0.0976. The number of nitrogens with one attached hydrogen (secondary N) is 1. The fourth-order valence-electron chi connectivity index (χ4n) is 3.23. The smallest absolute Gasteiger partial charge is 0.200 e. The lowest BCUT2D eigenvalue weighted by Gasteiger charge is -2.26. The molecule has 2 aromatic carbocycles. The van der Waals surface area contributed by atoms with Crippen molar-refractivity contribution in [3.05, 3.63) is 46.0 Å². The van der Waals surface area contributed by atoms with Crippen LogP contribution >= 0.6 is 0 Å². The van der Waals surface area contributed by atoms with Gasteiger partial charge in [-0.2, -0.15) is 0 Å². The maximum absolute atomic E-state index is 13.1. The summed E-state index contributed by atoms with van der Waals surface area (Å²) in [5.74, 6) is -5.14. The van der Waals surface area contributed by atoms with Crippen LogP contribution in [0.4, 0.5) is 5.69 Å². The van der Waals surface area contributed by atoms with E-state index in [0.29, 0.717) is 18.2 Å². The first-order chi connectivity index (χ1) is 14.4. The van der Waals surface area contributed by atoms with Crippen LogP contribution in [-0.4, -0.2) is 61.5 Å². The second-order valence-electron chi connectivity index (χ2n) is 6.63. The van der Waals surface area contributed by atoms with Crippen LogP contribution < -0.4 is 5.32 Å². The molecule has 0 saturated carbocycles. The summed E-state index contributed by atoms with van der Waals surface area (Å²) in [6.45, 7) is 1.14. The zero-order chi connectivity index (χ0) is 24.4. The summed E-state index contributed by atoms with van der Waals surface area (Å²) in [4.78, 5) is 23.9. The highest BCUT2D eigenvalue weighted by Gasteiger charge is 2.37. The van der Waals surface area contributed by atoms with Crippen LogP contribution in [0.3, 0.4) is 0 Å². The lowest BCUT2D eigenvalue weighted by Crippen LogP contribution is -2.26. The van der Waals surface area contributed by atoms with Crippen molar-refractivity contribution < 1.29 is 53.6 Å². The number of aryl methyl sites for hydroxylation is 1. The molecule has 2 N–H and O–H groups in total. The molecule has 172 valence electrons. The first kappa shape index (κ1) is 23.8. The normalized spacial score (nSPS) is 14.1. The van der Waals surface area contributed by atoms with Crippen molar-refractivity contribution in [2.24, 2.45) is 0 Å². The number of carbonyl (C=O) groups is 2. The zero-order valence-electron chi connectivity index (χ0n) is 15.6. The van der Waals surface area contributed by atoms with Crippen LogP contribution in [0.15, 0.2) is 28.0 Å². The van der Waals surface area contributed by atoms with Gasteiger partial charge in [-0.05, 0) is 30.7 Å². The van der Waals surface area contributed by atoms with Gasteiger partial charge in [0.15, 0.2) is 11.6 Å². The molecule has 13 nitrogen and oxygen atoms in total. The first-order valence-electron chi connectivity index (χ1n) is 8.16. The summed E-state index contributed by atoms with van der Waals surface area (Å²) in [7, 11) is -15.5. The molecule has 1 aliphatic rings. The second kappa shape index (κ2) is 7.32. The Hall–Kier alpha value is -2.89. The van der Waals surface area contributed by atoms with Gasteiger partial charge in [0, 0.05) is 16.8 Å². The molecule has 1 aliphatic carbocycles. The second-order valence-corrected chi connectivity index (χ2v) is 10.8. The van der Waals surface area contributed by atoms with E-state index in [1.54, 1.807) is 0 Å². The van der Waals surface area contributed by atoms with Crippen LogP contribution in [0.2, 0.25) is 0 Å². The predicted molar refractivity (Wildman–Crippen MR) is 100 cm³/mol. The standard InChI is InChI=1S/C16H13NO12S3/c1-6-2-10(32(27,28)29)15(19)13-11(6)14(18)8-3-7(31(24,25)26)4-9(12(8)16(13)20)17-5-30(21,22)23/h2-4,17,19H,5H2,1H3,(H,21,22,23)(H,24,25,26)(H,27,28,29)/p-3. The van der Waals surface area contributed by atoms with Gasteiger partial charge in [-0.25, -0.2) is 25.3 Å². The molecular weight excluding hydrogens is 494 g/mol. The minimum atomic E-state index is -5.29. The van der Waals surface area contributed by atoms with E-state index in [9.17, 15) is 53.6 Å². The molecule has 0 radical (unpaired) electrons. The van der Waals surface area contributed by atoms with Gasteiger partial charge < -0.3 is 24.1 Å².